The monoisotopic (exact) mass is 396 g/mol. The van der Waals surface area contributed by atoms with Gasteiger partial charge in [-0.1, -0.05) is 17.7 Å². The van der Waals surface area contributed by atoms with Crippen LogP contribution in [0.3, 0.4) is 0 Å². The van der Waals surface area contributed by atoms with Crippen molar-refractivity contribution in [2.45, 2.75) is 13.8 Å². The summed E-state index contributed by atoms with van der Waals surface area (Å²) in [5.74, 6) is 2.46. The highest BCUT2D eigenvalue weighted by Gasteiger charge is 2.04. The molecule has 0 aliphatic carbocycles. The van der Waals surface area contributed by atoms with Crippen LogP contribution in [0.2, 0.25) is 0 Å². The predicted molar refractivity (Wildman–Crippen MR) is 122 cm³/mol. The number of hydrogen-bond donors (Lipinski definition) is 0. The normalized spacial score (nSPS) is 11.0. The van der Waals surface area contributed by atoms with Gasteiger partial charge in [0.15, 0.2) is 0 Å². The van der Waals surface area contributed by atoms with Crippen molar-refractivity contribution in [1.82, 2.24) is 4.57 Å². The van der Waals surface area contributed by atoms with Crippen LogP contribution < -0.4 is 9.47 Å². The number of methoxy groups -OCH3 is 1. The van der Waals surface area contributed by atoms with E-state index < -0.39 is 0 Å². The first-order valence-electron chi connectivity index (χ1n) is 9.83. The smallest absolute Gasteiger partial charge is 0.127 e. The van der Waals surface area contributed by atoms with Gasteiger partial charge in [-0.15, -0.1) is 0 Å². The maximum Gasteiger partial charge on any atom is 0.127 e. The van der Waals surface area contributed by atoms with Crippen LogP contribution >= 0.6 is 0 Å². The van der Waals surface area contributed by atoms with Crippen molar-refractivity contribution in [3.63, 3.8) is 0 Å². The summed E-state index contributed by atoms with van der Waals surface area (Å²) in [6.07, 6.45) is 3.96. The summed E-state index contributed by atoms with van der Waals surface area (Å²) in [4.78, 5) is 4.60. The standard InChI is InChI=1S/C26H24N2O2/c1-19-4-10-25(11-5-19)30-26-12-6-22(7-13-26)27-17-21-16-20(2)28(18-21)23-8-14-24(29-3)15-9-23/h4-18H,1-3H3. The van der Waals surface area contributed by atoms with Gasteiger partial charge in [0.25, 0.3) is 0 Å². The van der Waals surface area contributed by atoms with Crippen LogP contribution in [-0.2, 0) is 0 Å². The van der Waals surface area contributed by atoms with Crippen molar-refractivity contribution in [2.75, 3.05) is 7.11 Å². The summed E-state index contributed by atoms with van der Waals surface area (Å²) in [7, 11) is 1.67. The second-order valence-corrected chi connectivity index (χ2v) is 7.15. The SMILES string of the molecule is COc1ccc(-n2cc(C=Nc3ccc(Oc4ccc(C)cc4)cc3)cc2C)cc1. The molecule has 0 aliphatic heterocycles. The quantitative estimate of drug-likeness (QED) is 0.342. The lowest BCUT2D eigenvalue weighted by molar-refractivity contribution is 0.414. The van der Waals surface area contributed by atoms with E-state index >= 15 is 0 Å². The summed E-state index contributed by atoms with van der Waals surface area (Å²) in [6, 6.07) is 25.9. The molecule has 1 heterocycles. The van der Waals surface area contributed by atoms with E-state index in [0.717, 1.165) is 39.9 Å². The number of benzene rings is 3. The number of nitrogens with zero attached hydrogens (tertiary/aromatic N) is 2. The van der Waals surface area contributed by atoms with Crippen LogP contribution in [0.4, 0.5) is 5.69 Å². The fourth-order valence-corrected chi connectivity index (χ4v) is 3.18. The highest BCUT2D eigenvalue weighted by molar-refractivity contribution is 5.82. The highest BCUT2D eigenvalue weighted by atomic mass is 16.5. The van der Waals surface area contributed by atoms with Crippen molar-refractivity contribution in [3.05, 3.63) is 102 Å². The molecule has 3 aromatic carbocycles. The van der Waals surface area contributed by atoms with E-state index in [1.807, 2.05) is 79.0 Å². The second-order valence-electron chi connectivity index (χ2n) is 7.15. The van der Waals surface area contributed by atoms with Crippen molar-refractivity contribution < 1.29 is 9.47 Å². The van der Waals surface area contributed by atoms with E-state index in [1.165, 1.54) is 5.56 Å². The summed E-state index contributed by atoms with van der Waals surface area (Å²) < 4.78 is 13.2. The molecule has 0 aliphatic rings. The number of hydrogen-bond acceptors (Lipinski definition) is 3. The van der Waals surface area contributed by atoms with Gasteiger partial charge in [0.1, 0.15) is 17.2 Å². The molecule has 0 saturated carbocycles. The molecule has 4 aromatic rings. The molecule has 0 bridgehead atoms. The first-order chi connectivity index (χ1) is 14.6. The van der Waals surface area contributed by atoms with E-state index in [2.05, 4.69) is 35.7 Å². The molecule has 4 rings (SSSR count). The second kappa shape index (κ2) is 8.70. The summed E-state index contributed by atoms with van der Waals surface area (Å²) in [5, 5.41) is 0. The molecule has 0 unspecified atom stereocenters. The Morgan fingerprint density at radius 3 is 2.00 bits per heavy atom. The molecule has 150 valence electrons. The van der Waals surface area contributed by atoms with Gasteiger partial charge < -0.3 is 14.0 Å². The van der Waals surface area contributed by atoms with Crippen LogP contribution in [-0.4, -0.2) is 17.9 Å². The number of aliphatic imine (C=N–C) groups is 1. The molecule has 4 heteroatoms. The maximum absolute atomic E-state index is 5.87. The Labute approximate surface area is 177 Å². The lowest BCUT2D eigenvalue weighted by atomic mass is 10.2. The Morgan fingerprint density at radius 2 is 1.37 bits per heavy atom. The molecule has 30 heavy (non-hydrogen) atoms. The first-order valence-corrected chi connectivity index (χ1v) is 9.83. The average molecular weight is 396 g/mol. The van der Waals surface area contributed by atoms with E-state index in [0.29, 0.717) is 0 Å². The Balaban J connectivity index is 1.45. The largest absolute Gasteiger partial charge is 0.497 e. The van der Waals surface area contributed by atoms with Gasteiger partial charge in [-0.05, 0) is 80.6 Å². The van der Waals surface area contributed by atoms with E-state index in [9.17, 15) is 0 Å². The Kier molecular flexibility index (Phi) is 5.66. The lowest BCUT2D eigenvalue weighted by Gasteiger charge is -2.06. The molecule has 0 atom stereocenters. The first kappa shape index (κ1) is 19.5. The van der Waals surface area contributed by atoms with Crippen LogP contribution in [0.1, 0.15) is 16.8 Å². The zero-order valence-corrected chi connectivity index (χ0v) is 17.4. The summed E-state index contributed by atoms with van der Waals surface area (Å²) in [5.41, 5.74) is 5.36. The van der Waals surface area contributed by atoms with Crippen molar-refractivity contribution in [2.24, 2.45) is 4.99 Å². The number of ether oxygens (including phenoxy) is 2. The zero-order valence-electron chi connectivity index (χ0n) is 17.4. The molecule has 4 nitrogen and oxygen atoms in total. The lowest BCUT2D eigenvalue weighted by Crippen LogP contribution is -1.94. The van der Waals surface area contributed by atoms with Gasteiger partial charge in [0.05, 0.1) is 12.8 Å². The van der Waals surface area contributed by atoms with E-state index in [4.69, 9.17) is 9.47 Å². The van der Waals surface area contributed by atoms with Crippen LogP contribution in [0.15, 0.2) is 90.1 Å². The summed E-state index contributed by atoms with van der Waals surface area (Å²) in [6.45, 7) is 4.14. The fraction of sp³-hybridized carbons (Fsp3) is 0.115. The molecule has 0 spiro atoms. The molecule has 0 N–H and O–H groups in total. The Bertz CT molecular complexity index is 1140. The third kappa shape index (κ3) is 4.61. The number of aryl methyl sites for hydroxylation is 2. The maximum atomic E-state index is 5.87. The third-order valence-corrected chi connectivity index (χ3v) is 4.84. The summed E-state index contributed by atoms with van der Waals surface area (Å²) >= 11 is 0. The molecule has 0 radical (unpaired) electrons. The molecule has 0 amide bonds. The minimum atomic E-state index is 0.791. The zero-order chi connectivity index (χ0) is 20.9. The fourth-order valence-electron chi connectivity index (χ4n) is 3.18. The number of rotatable bonds is 6. The Hall–Kier alpha value is -3.79. The van der Waals surface area contributed by atoms with Gasteiger partial charge >= 0.3 is 0 Å². The number of aromatic nitrogens is 1. The minimum absolute atomic E-state index is 0.791. The molecular weight excluding hydrogens is 372 g/mol. The van der Waals surface area contributed by atoms with Gasteiger partial charge in [-0.2, -0.15) is 0 Å². The van der Waals surface area contributed by atoms with Crippen molar-refractivity contribution in [1.29, 1.82) is 0 Å². The molecule has 1 aromatic heterocycles. The predicted octanol–water partition coefficient (Wildman–Crippen LogP) is 6.65. The van der Waals surface area contributed by atoms with Crippen LogP contribution in [0.5, 0.6) is 17.2 Å². The molecule has 0 saturated heterocycles. The highest BCUT2D eigenvalue weighted by Crippen LogP contribution is 2.24. The minimum Gasteiger partial charge on any atom is -0.497 e. The molecular formula is C26H24N2O2. The molecule has 0 fully saturated rings. The van der Waals surface area contributed by atoms with Crippen molar-refractivity contribution >= 4 is 11.9 Å². The third-order valence-electron chi connectivity index (χ3n) is 4.84. The Morgan fingerprint density at radius 1 is 0.767 bits per heavy atom. The van der Waals surface area contributed by atoms with Crippen molar-refractivity contribution in [3.8, 4) is 22.9 Å². The van der Waals surface area contributed by atoms with E-state index in [1.54, 1.807) is 7.11 Å². The van der Waals surface area contributed by atoms with Gasteiger partial charge in [-0.3, -0.25) is 4.99 Å². The van der Waals surface area contributed by atoms with Gasteiger partial charge in [-0.25, -0.2) is 0 Å². The van der Waals surface area contributed by atoms with Gasteiger partial charge in [0, 0.05) is 29.4 Å². The van der Waals surface area contributed by atoms with Crippen LogP contribution in [0, 0.1) is 13.8 Å². The van der Waals surface area contributed by atoms with E-state index in [-0.39, 0.29) is 0 Å². The topological polar surface area (TPSA) is 35.8 Å². The average Bonchev–Trinajstić information content (AvgIpc) is 3.15. The van der Waals surface area contributed by atoms with Crippen LogP contribution in [0.25, 0.3) is 5.69 Å². The van der Waals surface area contributed by atoms with Gasteiger partial charge in [0.2, 0.25) is 0 Å².